The fourth-order valence-electron chi connectivity index (χ4n) is 3.20. The van der Waals surface area contributed by atoms with Gasteiger partial charge in [-0.3, -0.25) is 4.79 Å². The minimum absolute atomic E-state index is 0.0543. The van der Waals surface area contributed by atoms with E-state index < -0.39 is 0 Å². The molecule has 1 amide bonds. The number of fused-ring (bicyclic) bond motifs is 1. The smallest absolute Gasteiger partial charge is 0.266 e. The highest BCUT2D eigenvalue weighted by atomic mass is 32.1. The molecule has 0 unspecified atom stereocenters. The van der Waals surface area contributed by atoms with Gasteiger partial charge in [0.1, 0.15) is 11.5 Å². The summed E-state index contributed by atoms with van der Waals surface area (Å²) in [6.07, 6.45) is 1.91. The average Bonchev–Trinajstić information content (AvgIpc) is 3.09. The van der Waals surface area contributed by atoms with Gasteiger partial charge in [-0.15, -0.1) is 11.3 Å². The molecule has 0 aliphatic heterocycles. The fourth-order valence-corrected chi connectivity index (χ4v) is 4.35. The van der Waals surface area contributed by atoms with Crippen molar-refractivity contribution in [2.24, 2.45) is 0 Å². The summed E-state index contributed by atoms with van der Waals surface area (Å²) in [4.78, 5) is 13.7. The monoisotopic (exact) mass is 387 g/mol. The first-order valence-corrected chi connectivity index (χ1v) is 10.2. The van der Waals surface area contributed by atoms with E-state index in [9.17, 15) is 4.79 Å². The quantitative estimate of drug-likeness (QED) is 0.391. The fraction of sp³-hybridized carbons (Fsp3) is 0.125. The third-order valence-corrected chi connectivity index (χ3v) is 5.71. The van der Waals surface area contributed by atoms with Crippen molar-refractivity contribution in [2.75, 3.05) is 5.32 Å². The van der Waals surface area contributed by atoms with Crippen LogP contribution in [0.15, 0.2) is 78.9 Å². The zero-order valence-electron chi connectivity index (χ0n) is 15.6. The summed E-state index contributed by atoms with van der Waals surface area (Å²) in [6, 6.07) is 25.3. The number of hydrogen-bond donors (Lipinski definition) is 1. The molecule has 4 rings (SSSR count). The summed E-state index contributed by atoms with van der Waals surface area (Å²) in [5.41, 5.74) is 1.90. The predicted octanol–water partition coefficient (Wildman–Crippen LogP) is 6.90. The lowest BCUT2D eigenvalue weighted by Crippen LogP contribution is -2.12. The Morgan fingerprint density at radius 2 is 1.57 bits per heavy atom. The molecular formula is C24H21NO2S. The molecule has 0 radical (unpaired) electrons. The van der Waals surface area contributed by atoms with Crippen molar-refractivity contribution in [3.8, 4) is 11.5 Å². The molecule has 0 saturated heterocycles. The highest BCUT2D eigenvalue weighted by molar-refractivity contribution is 7.21. The third kappa shape index (κ3) is 3.92. The largest absolute Gasteiger partial charge is 0.457 e. The number of carbonyl (C=O) groups is 1. The number of para-hydroxylation sites is 1. The van der Waals surface area contributed by atoms with Crippen molar-refractivity contribution in [3.63, 3.8) is 0 Å². The molecule has 4 aromatic rings. The Bertz CT molecular complexity index is 1080. The molecule has 1 aromatic heterocycles. The first kappa shape index (κ1) is 18.3. The van der Waals surface area contributed by atoms with Gasteiger partial charge in [0.15, 0.2) is 0 Å². The SMILES string of the molecule is CCCc1c(C(=O)Nc2ccc(Oc3ccccc3)cc2)sc2ccccc12. The lowest BCUT2D eigenvalue weighted by molar-refractivity contribution is 0.103. The van der Waals surface area contributed by atoms with E-state index in [0.29, 0.717) is 0 Å². The van der Waals surface area contributed by atoms with Crippen molar-refractivity contribution in [1.82, 2.24) is 0 Å². The molecule has 1 N–H and O–H groups in total. The molecule has 28 heavy (non-hydrogen) atoms. The van der Waals surface area contributed by atoms with Crippen LogP contribution >= 0.6 is 11.3 Å². The topological polar surface area (TPSA) is 38.3 Å². The van der Waals surface area contributed by atoms with Crippen molar-refractivity contribution >= 4 is 33.0 Å². The molecule has 1 heterocycles. The van der Waals surface area contributed by atoms with Gasteiger partial charge in [0.05, 0.1) is 4.88 Å². The third-order valence-electron chi connectivity index (χ3n) is 4.50. The second kappa shape index (κ2) is 8.28. The van der Waals surface area contributed by atoms with E-state index in [1.54, 1.807) is 11.3 Å². The first-order valence-electron chi connectivity index (χ1n) is 9.39. The lowest BCUT2D eigenvalue weighted by atomic mass is 10.1. The highest BCUT2D eigenvalue weighted by Crippen LogP contribution is 2.33. The maximum atomic E-state index is 12.9. The van der Waals surface area contributed by atoms with Crippen LogP contribution in [-0.2, 0) is 6.42 Å². The summed E-state index contributed by atoms with van der Waals surface area (Å²) >= 11 is 1.56. The lowest BCUT2D eigenvalue weighted by Gasteiger charge is -2.08. The van der Waals surface area contributed by atoms with Crippen molar-refractivity contribution in [1.29, 1.82) is 0 Å². The number of benzene rings is 3. The maximum absolute atomic E-state index is 12.9. The number of aryl methyl sites for hydroxylation is 1. The van der Waals surface area contributed by atoms with E-state index in [4.69, 9.17) is 4.74 Å². The van der Waals surface area contributed by atoms with Gasteiger partial charge in [-0.25, -0.2) is 0 Å². The number of anilines is 1. The molecule has 0 atom stereocenters. The van der Waals surface area contributed by atoms with Crippen LogP contribution in [0, 0.1) is 0 Å². The van der Waals surface area contributed by atoms with Crippen LogP contribution in [0.2, 0.25) is 0 Å². The van der Waals surface area contributed by atoms with Gasteiger partial charge >= 0.3 is 0 Å². The molecule has 0 saturated carbocycles. The first-order chi connectivity index (χ1) is 13.7. The molecule has 0 aliphatic rings. The van der Waals surface area contributed by atoms with E-state index in [-0.39, 0.29) is 5.91 Å². The highest BCUT2D eigenvalue weighted by Gasteiger charge is 2.17. The molecule has 0 fully saturated rings. The molecule has 3 aromatic carbocycles. The predicted molar refractivity (Wildman–Crippen MR) is 117 cm³/mol. The second-order valence-corrected chi connectivity index (χ2v) is 7.60. The van der Waals surface area contributed by atoms with Gasteiger partial charge in [-0.1, -0.05) is 49.7 Å². The molecule has 0 spiro atoms. The molecular weight excluding hydrogens is 366 g/mol. The maximum Gasteiger partial charge on any atom is 0.266 e. The van der Waals surface area contributed by atoms with Crippen LogP contribution in [0.3, 0.4) is 0 Å². The van der Waals surface area contributed by atoms with E-state index in [1.807, 2.05) is 66.7 Å². The van der Waals surface area contributed by atoms with Gasteiger partial charge in [-0.2, -0.15) is 0 Å². The van der Waals surface area contributed by atoms with Crippen LogP contribution in [-0.4, -0.2) is 5.91 Å². The summed E-state index contributed by atoms with van der Waals surface area (Å²) in [5, 5.41) is 4.21. The van der Waals surface area contributed by atoms with E-state index in [2.05, 4.69) is 24.4 Å². The number of thiophene rings is 1. The van der Waals surface area contributed by atoms with E-state index in [0.717, 1.165) is 45.2 Å². The van der Waals surface area contributed by atoms with Gasteiger partial charge in [0.25, 0.3) is 5.91 Å². The average molecular weight is 388 g/mol. The Labute approximate surface area is 168 Å². The standard InChI is InChI=1S/C24H21NO2S/c1-2-8-21-20-11-6-7-12-22(20)28-23(21)24(26)25-17-13-15-19(16-14-17)27-18-9-4-3-5-10-18/h3-7,9-16H,2,8H2,1H3,(H,25,26). The Kier molecular flexibility index (Phi) is 5.40. The molecule has 0 aliphatic carbocycles. The van der Waals surface area contributed by atoms with Crippen LogP contribution in [0.1, 0.15) is 28.6 Å². The van der Waals surface area contributed by atoms with Gasteiger partial charge in [0.2, 0.25) is 0 Å². The Balaban J connectivity index is 1.52. The zero-order valence-corrected chi connectivity index (χ0v) is 16.5. The van der Waals surface area contributed by atoms with E-state index >= 15 is 0 Å². The summed E-state index contributed by atoms with van der Waals surface area (Å²) in [6.45, 7) is 2.14. The number of rotatable bonds is 6. The Hall–Kier alpha value is -3.11. The number of hydrogen-bond acceptors (Lipinski definition) is 3. The molecule has 4 heteroatoms. The van der Waals surface area contributed by atoms with Gasteiger partial charge in [0, 0.05) is 10.4 Å². The summed E-state index contributed by atoms with van der Waals surface area (Å²) < 4.78 is 6.96. The number of ether oxygens (including phenoxy) is 1. The molecule has 140 valence electrons. The Morgan fingerprint density at radius 1 is 0.893 bits per heavy atom. The summed E-state index contributed by atoms with van der Waals surface area (Å²) in [7, 11) is 0. The molecule has 3 nitrogen and oxygen atoms in total. The van der Waals surface area contributed by atoms with Crippen LogP contribution in [0.4, 0.5) is 5.69 Å². The van der Waals surface area contributed by atoms with Crippen molar-refractivity contribution in [2.45, 2.75) is 19.8 Å². The van der Waals surface area contributed by atoms with Crippen LogP contribution in [0.5, 0.6) is 11.5 Å². The zero-order chi connectivity index (χ0) is 19.3. The molecule has 0 bridgehead atoms. The normalized spacial score (nSPS) is 10.8. The van der Waals surface area contributed by atoms with Gasteiger partial charge < -0.3 is 10.1 Å². The number of carbonyl (C=O) groups excluding carboxylic acids is 1. The Morgan fingerprint density at radius 3 is 2.32 bits per heavy atom. The number of amides is 1. The second-order valence-electron chi connectivity index (χ2n) is 6.55. The van der Waals surface area contributed by atoms with Crippen LogP contribution < -0.4 is 10.1 Å². The van der Waals surface area contributed by atoms with Crippen LogP contribution in [0.25, 0.3) is 10.1 Å². The minimum atomic E-state index is -0.0543. The van der Waals surface area contributed by atoms with E-state index in [1.165, 1.54) is 5.39 Å². The summed E-state index contributed by atoms with van der Waals surface area (Å²) in [5.74, 6) is 1.47. The number of nitrogens with one attached hydrogen (secondary N) is 1. The minimum Gasteiger partial charge on any atom is -0.457 e. The van der Waals surface area contributed by atoms with Crippen molar-refractivity contribution in [3.05, 3.63) is 89.3 Å². The van der Waals surface area contributed by atoms with Gasteiger partial charge in [-0.05, 0) is 59.8 Å². The van der Waals surface area contributed by atoms with Crippen molar-refractivity contribution < 1.29 is 9.53 Å².